The van der Waals surface area contributed by atoms with Crippen LogP contribution in [0.25, 0.3) is 88.5 Å². The fraction of sp³-hybridized carbons (Fsp3) is 0. The van der Waals surface area contributed by atoms with Crippen molar-refractivity contribution in [2.75, 3.05) is 0 Å². The summed E-state index contributed by atoms with van der Waals surface area (Å²) in [5.41, 5.74) is 12.0. The normalized spacial score (nSPS) is 11.6. The molecule has 6 aromatic carbocycles. The molecule has 0 aliphatic carbocycles. The standard InChI is InChI=1S/C41H25NO2/c1-4-10-26(11-5-1)29-16-18-37-33(22-29)34-25-32(31-20-21-42-36(24-31)28-14-8-3-9-15-28)40-39(41(34)43-37)35-23-30(17-19-38(35)44-40)27-12-6-2-7-13-27/h1-25H. The molecule has 3 heteroatoms. The molecule has 0 aliphatic rings. The summed E-state index contributed by atoms with van der Waals surface area (Å²) < 4.78 is 13.4. The lowest BCUT2D eigenvalue weighted by molar-refractivity contribution is 0.663. The van der Waals surface area contributed by atoms with Crippen molar-refractivity contribution < 1.29 is 8.83 Å². The molecule has 3 aromatic heterocycles. The molecule has 0 unspecified atom stereocenters. The summed E-state index contributed by atoms with van der Waals surface area (Å²) >= 11 is 0. The zero-order valence-electron chi connectivity index (χ0n) is 23.7. The van der Waals surface area contributed by atoms with Crippen molar-refractivity contribution in [1.82, 2.24) is 4.98 Å². The van der Waals surface area contributed by atoms with Crippen LogP contribution in [0.5, 0.6) is 0 Å². The highest BCUT2D eigenvalue weighted by Gasteiger charge is 2.22. The van der Waals surface area contributed by atoms with E-state index in [9.17, 15) is 0 Å². The van der Waals surface area contributed by atoms with E-state index in [0.717, 1.165) is 83.0 Å². The summed E-state index contributed by atoms with van der Waals surface area (Å²) in [5, 5.41) is 4.16. The van der Waals surface area contributed by atoms with E-state index in [0.29, 0.717) is 0 Å². The van der Waals surface area contributed by atoms with E-state index in [1.54, 1.807) is 0 Å². The highest BCUT2D eigenvalue weighted by molar-refractivity contribution is 6.25. The van der Waals surface area contributed by atoms with E-state index in [2.05, 4.69) is 115 Å². The van der Waals surface area contributed by atoms with Gasteiger partial charge in [0, 0.05) is 33.5 Å². The molecule has 0 amide bonds. The van der Waals surface area contributed by atoms with Gasteiger partial charge in [-0.15, -0.1) is 0 Å². The lowest BCUT2D eigenvalue weighted by Crippen LogP contribution is -1.86. The number of hydrogen-bond acceptors (Lipinski definition) is 3. The Labute approximate surface area is 253 Å². The van der Waals surface area contributed by atoms with Gasteiger partial charge in [-0.3, -0.25) is 4.98 Å². The van der Waals surface area contributed by atoms with Gasteiger partial charge in [-0.2, -0.15) is 0 Å². The van der Waals surface area contributed by atoms with Crippen molar-refractivity contribution in [2.45, 2.75) is 0 Å². The average molecular weight is 564 g/mol. The van der Waals surface area contributed by atoms with Crippen LogP contribution in [0.3, 0.4) is 0 Å². The zero-order chi connectivity index (χ0) is 29.0. The molecule has 9 aromatic rings. The maximum absolute atomic E-state index is 6.69. The van der Waals surface area contributed by atoms with E-state index in [1.807, 2.05) is 36.5 Å². The molecule has 3 nitrogen and oxygen atoms in total. The second-order valence-electron chi connectivity index (χ2n) is 11.2. The highest BCUT2D eigenvalue weighted by Crippen LogP contribution is 2.45. The maximum Gasteiger partial charge on any atom is 0.147 e. The lowest BCUT2D eigenvalue weighted by atomic mass is 9.96. The third-order valence-corrected chi connectivity index (χ3v) is 8.53. The van der Waals surface area contributed by atoms with Crippen molar-refractivity contribution in [2.24, 2.45) is 0 Å². The number of pyridine rings is 1. The van der Waals surface area contributed by atoms with E-state index in [1.165, 1.54) is 5.56 Å². The Hall–Kier alpha value is -5.93. The number of nitrogens with zero attached hydrogens (tertiary/aromatic N) is 1. The van der Waals surface area contributed by atoms with Crippen molar-refractivity contribution >= 4 is 43.9 Å². The quantitative estimate of drug-likeness (QED) is 0.214. The predicted octanol–water partition coefficient (Wildman–Crippen LogP) is 11.5. The number of rotatable bonds is 4. The lowest BCUT2D eigenvalue weighted by Gasteiger charge is -2.07. The van der Waals surface area contributed by atoms with Crippen molar-refractivity contribution in [1.29, 1.82) is 0 Å². The number of hydrogen-bond donors (Lipinski definition) is 0. The van der Waals surface area contributed by atoms with Crippen LogP contribution in [0, 0.1) is 0 Å². The van der Waals surface area contributed by atoms with E-state index >= 15 is 0 Å². The molecule has 3 heterocycles. The molecule has 9 rings (SSSR count). The fourth-order valence-corrected chi connectivity index (χ4v) is 6.37. The highest BCUT2D eigenvalue weighted by atomic mass is 16.3. The number of furan rings is 2. The van der Waals surface area contributed by atoms with Gasteiger partial charge in [-0.05, 0) is 70.3 Å². The van der Waals surface area contributed by atoms with Gasteiger partial charge in [-0.25, -0.2) is 0 Å². The SMILES string of the molecule is c1ccc(-c2ccc3oc4c(cc(-c5ccnc(-c6ccccc6)c5)c5oc6ccc(-c7ccccc7)cc6c54)c3c2)cc1. The van der Waals surface area contributed by atoms with Crippen LogP contribution >= 0.6 is 0 Å². The maximum atomic E-state index is 6.69. The Morgan fingerprint density at radius 3 is 1.61 bits per heavy atom. The van der Waals surface area contributed by atoms with Gasteiger partial charge < -0.3 is 8.83 Å². The van der Waals surface area contributed by atoms with E-state index in [4.69, 9.17) is 13.8 Å². The van der Waals surface area contributed by atoms with Gasteiger partial charge in [0.15, 0.2) is 0 Å². The minimum absolute atomic E-state index is 0.810. The Balaban J connectivity index is 1.37. The Morgan fingerprint density at radius 2 is 0.955 bits per heavy atom. The number of benzene rings is 6. The van der Waals surface area contributed by atoms with Crippen molar-refractivity contribution in [3.63, 3.8) is 0 Å². The van der Waals surface area contributed by atoms with Crippen molar-refractivity contribution in [3.8, 4) is 44.6 Å². The van der Waals surface area contributed by atoms with Gasteiger partial charge in [0.2, 0.25) is 0 Å². The molecule has 0 fully saturated rings. The Morgan fingerprint density at radius 1 is 0.386 bits per heavy atom. The summed E-state index contributed by atoms with van der Waals surface area (Å²) in [6.45, 7) is 0. The molecular formula is C41H25NO2. The van der Waals surface area contributed by atoms with E-state index in [-0.39, 0.29) is 0 Å². The molecule has 0 spiro atoms. The van der Waals surface area contributed by atoms with Crippen LogP contribution in [-0.4, -0.2) is 4.98 Å². The zero-order valence-corrected chi connectivity index (χ0v) is 23.7. The third-order valence-electron chi connectivity index (χ3n) is 8.53. The minimum atomic E-state index is 0.810. The molecule has 0 N–H and O–H groups in total. The molecule has 206 valence electrons. The largest absolute Gasteiger partial charge is 0.455 e. The molecule has 0 bridgehead atoms. The summed E-state index contributed by atoms with van der Waals surface area (Å²) in [6, 6.07) is 50.5. The third kappa shape index (κ3) is 3.94. The van der Waals surface area contributed by atoms with Crippen LogP contribution in [0.15, 0.2) is 161 Å². The van der Waals surface area contributed by atoms with Gasteiger partial charge in [0.05, 0.1) is 11.1 Å². The fourth-order valence-electron chi connectivity index (χ4n) is 6.37. The Kier molecular flexibility index (Phi) is 5.50. The molecule has 0 atom stereocenters. The van der Waals surface area contributed by atoms with Crippen LogP contribution in [-0.2, 0) is 0 Å². The first-order valence-corrected chi connectivity index (χ1v) is 14.8. The summed E-state index contributed by atoms with van der Waals surface area (Å²) in [5.74, 6) is 0. The van der Waals surface area contributed by atoms with E-state index < -0.39 is 0 Å². The summed E-state index contributed by atoms with van der Waals surface area (Å²) in [6.07, 6.45) is 1.88. The van der Waals surface area contributed by atoms with Gasteiger partial charge in [-0.1, -0.05) is 103 Å². The van der Waals surface area contributed by atoms with Crippen LogP contribution < -0.4 is 0 Å². The first-order valence-electron chi connectivity index (χ1n) is 14.8. The minimum Gasteiger partial charge on any atom is -0.455 e. The summed E-state index contributed by atoms with van der Waals surface area (Å²) in [7, 11) is 0. The molecule has 0 aliphatic heterocycles. The Bertz CT molecular complexity index is 2470. The number of aromatic nitrogens is 1. The van der Waals surface area contributed by atoms with Crippen LogP contribution in [0.2, 0.25) is 0 Å². The predicted molar refractivity (Wildman–Crippen MR) is 181 cm³/mol. The second-order valence-corrected chi connectivity index (χ2v) is 11.2. The summed E-state index contributed by atoms with van der Waals surface area (Å²) in [4.78, 5) is 4.70. The number of fused-ring (bicyclic) bond motifs is 7. The van der Waals surface area contributed by atoms with Gasteiger partial charge in [0.25, 0.3) is 0 Å². The first-order chi connectivity index (χ1) is 21.8. The van der Waals surface area contributed by atoms with Crippen molar-refractivity contribution in [3.05, 3.63) is 152 Å². The van der Waals surface area contributed by atoms with Gasteiger partial charge in [0.1, 0.15) is 22.3 Å². The molecule has 0 saturated carbocycles. The smallest absolute Gasteiger partial charge is 0.147 e. The molecular weight excluding hydrogens is 538 g/mol. The second kappa shape index (κ2) is 9.82. The molecule has 0 saturated heterocycles. The van der Waals surface area contributed by atoms with Crippen LogP contribution in [0.4, 0.5) is 0 Å². The van der Waals surface area contributed by atoms with Crippen LogP contribution in [0.1, 0.15) is 0 Å². The average Bonchev–Trinajstić information content (AvgIpc) is 3.67. The monoisotopic (exact) mass is 563 g/mol. The van der Waals surface area contributed by atoms with Gasteiger partial charge >= 0.3 is 0 Å². The topological polar surface area (TPSA) is 39.2 Å². The molecule has 44 heavy (non-hydrogen) atoms. The first kappa shape index (κ1) is 24.6. The molecule has 0 radical (unpaired) electrons.